The van der Waals surface area contributed by atoms with Gasteiger partial charge in [-0.3, -0.25) is 14.1 Å². The second-order valence-electron chi connectivity index (χ2n) is 2.99. The molecule has 0 saturated heterocycles. The van der Waals surface area contributed by atoms with Gasteiger partial charge in [-0.2, -0.15) is 25.3 Å². The van der Waals surface area contributed by atoms with Crippen molar-refractivity contribution in [2.75, 3.05) is 31.3 Å². The Morgan fingerprint density at radius 2 is 1.75 bits per heavy atom. The van der Waals surface area contributed by atoms with E-state index in [4.69, 9.17) is 10.2 Å². The van der Waals surface area contributed by atoms with Crippen molar-refractivity contribution in [2.24, 2.45) is 0 Å². The topological polar surface area (TPSA) is 129 Å². The highest BCUT2D eigenvalue weighted by Gasteiger charge is 2.35. The maximum Gasteiger partial charge on any atom is 0.535 e. The summed E-state index contributed by atoms with van der Waals surface area (Å²) in [6.45, 7) is -1.84. The van der Waals surface area contributed by atoms with Crippen molar-refractivity contribution in [2.45, 2.75) is 6.29 Å². The molecule has 0 aliphatic carbocycles. The predicted molar refractivity (Wildman–Crippen MR) is 72.5 cm³/mol. The number of aliphatic hydroxyl groups excluding tert-OH is 2. The first-order chi connectivity index (χ1) is 9.40. The lowest BCUT2D eigenvalue weighted by atomic mass is 10.7. The van der Waals surface area contributed by atoms with Crippen molar-refractivity contribution in [3.05, 3.63) is 0 Å². The van der Waals surface area contributed by atoms with Crippen LogP contribution in [0.1, 0.15) is 0 Å². The van der Waals surface area contributed by atoms with E-state index in [-0.39, 0.29) is 5.75 Å². The summed E-state index contributed by atoms with van der Waals surface area (Å²) in [5.74, 6) is -2.60. The Balaban J connectivity index is 4.78. The van der Waals surface area contributed by atoms with E-state index < -0.39 is 51.6 Å². The number of phosphoric acid groups is 1. The number of ether oxygens (including phenoxy) is 1. The number of aliphatic hydroxyl groups is 2. The molecule has 0 spiro atoms. The van der Waals surface area contributed by atoms with Gasteiger partial charge in [0, 0.05) is 0 Å². The summed E-state index contributed by atoms with van der Waals surface area (Å²) in [7, 11) is -4.47. The van der Waals surface area contributed by atoms with Crippen molar-refractivity contribution in [3.63, 3.8) is 0 Å². The van der Waals surface area contributed by atoms with Gasteiger partial charge in [-0.15, -0.1) is 0 Å². The number of thiol groups is 2. The van der Waals surface area contributed by atoms with Gasteiger partial charge >= 0.3 is 19.8 Å². The fourth-order valence-corrected chi connectivity index (χ4v) is 2.22. The van der Waals surface area contributed by atoms with Crippen LogP contribution >= 0.6 is 33.1 Å². The van der Waals surface area contributed by atoms with Gasteiger partial charge in [0.1, 0.15) is 6.61 Å². The Morgan fingerprint density at radius 3 is 2.20 bits per heavy atom. The maximum atomic E-state index is 12.0. The van der Waals surface area contributed by atoms with Crippen molar-refractivity contribution in [3.8, 4) is 0 Å². The van der Waals surface area contributed by atoms with Gasteiger partial charge in [0.15, 0.2) is 0 Å². The normalized spacial score (nSPS) is 15.2. The van der Waals surface area contributed by atoms with E-state index in [9.17, 15) is 14.2 Å². The lowest BCUT2D eigenvalue weighted by molar-refractivity contribution is -0.169. The zero-order valence-electron chi connectivity index (χ0n) is 10.2. The van der Waals surface area contributed by atoms with E-state index in [0.717, 1.165) is 0 Å². The lowest BCUT2D eigenvalue weighted by Crippen LogP contribution is -2.26. The highest BCUT2D eigenvalue weighted by atomic mass is 32.1. The molecule has 118 valence electrons. The molecule has 0 fully saturated rings. The Kier molecular flexibility index (Phi) is 10.3. The van der Waals surface area contributed by atoms with Gasteiger partial charge in [0.2, 0.25) is 6.29 Å². The standard InChI is InChI=1S/C8H15O9PS2/c9-1-2-14-18(13,16-7(12)5-20)17-8(3-10)15-6(11)4-19/h8-10,19-20H,1-5H2. The van der Waals surface area contributed by atoms with Crippen LogP contribution in [0.5, 0.6) is 0 Å². The molecule has 0 aromatic rings. The smallest absolute Gasteiger partial charge is 0.432 e. The zero-order valence-corrected chi connectivity index (χ0v) is 12.9. The number of carbonyl (C=O) groups is 2. The van der Waals surface area contributed by atoms with Crippen LogP contribution < -0.4 is 0 Å². The second-order valence-corrected chi connectivity index (χ2v) is 5.17. The van der Waals surface area contributed by atoms with Crippen molar-refractivity contribution >= 4 is 45.0 Å². The molecule has 20 heavy (non-hydrogen) atoms. The summed E-state index contributed by atoms with van der Waals surface area (Å²) < 4.78 is 30.2. The Hall–Kier alpha value is -0.290. The number of hydrogen-bond acceptors (Lipinski definition) is 11. The average Bonchev–Trinajstić information content (AvgIpc) is 2.43. The quantitative estimate of drug-likeness (QED) is 0.176. The summed E-state index contributed by atoms with van der Waals surface area (Å²) in [6, 6.07) is 0. The van der Waals surface area contributed by atoms with Gasteiger partial charge in [0.05, 0.1) is 24.7 Å². The monoisotopic (exact) mass is 350 g/mol. The minimum atomic E-state index is -4.47. The molecular weight excluding hydrogens is 335 g/mol. The minimum Gasteiger partial charge on any atom is -0.432 e. The Bertz CT molecular complexity index is 364. The number of rotatable bonds is 10. The summed E-state index contributed by atoms with van der Waals surface area (Å²) >= 11 is 7.23. The summed E-state index contributed by atoms with van der Waals surface area (Å²) in [6.07, 6.45) is -1.67. The minimum absolute atomic E-state index is 0.307. The molecule has 9 nitrogen and oxygen atoms in total. The SMILES string of the molecule is O=C(CS)OC(CO)OP(=O)(OCCO)OC(=O)CS. The maximum absolute atomic E-state index is 12.0. The zero-order chi connectivity index (χ0) is 15.6. The number of carbonyl (C=O) groups excluding carboxylic acids is 2. The first-order valence-electron chi connectivity index (χ1n) is 5.19. The first-order valence-corrected chi connectivity index (χ1v) is 7.91. The molecule has 0 aliphatic rings. The first kappa shape index (κ1) is 19.7. The van der Waals surface area contributed by atoms with E-state index in [0.29, 0.717) is 0 Å². The number of hydrogen-bond donors (Lipinski definition) is 4. The highest BCUT2D eigenvalue weighted by Crippen LogP contribution is 2.50. The highest BCUT2D eigenvalue weighted by molar-refractivity contribution is 7.81. The summed E-state index contributed by atoms with van der Waals surface area (Å²) in [5, 5.41) is 17.5. The fourth-order valence-electron chi connectivity index (χ4n) is 0.804. The Morgan fingerprint density at radius 1 is 1.15 bits per heavy atom. The second kappa shape index (κ2) is 10.4. The predicted octanol–water partition coefficient (Wildman–Crippen LogP) is -0.616. The van der Waals surface area contributed by atoms with Gasteiger partial charge in [-0.05, 0) is 0 Å². The lowest BCUT2D eigenvalue weighted by Gasteiger charge is -2.21. The molecule has 0 bridgehead atoms. The molecule has 2 atom stereocenters. The molecule has 0 aromatic carbocycles. The van der Waals surface area contributed by atoms with Crippen LogP contribution in [-0.4, -0.2) is 59.8 Å². The molecular formula is C8H15O9PS2. The van der Waals surface area contributed by atoms with Crippen LogP contribution in [0.4, 0.5) is 0 Å². The van der Waals surface area contributed by atoms with Crippen molar-refractivity contribution in [1.29, 1.82) is 0 Å². The van der Waals surface area contributed by atoms with Crippen LogP contribution in [0.2, 0.25) is 0 Å². The van der Waals surface area contributed by atoms with Gasteiger partial charge in [-0.25, -0.2) is 9.09 Å². The average molecular weight is 350 g/mol. The number of phosphoric ester groups is 1. The molecule has 12 heteroatoms. The third kappa shape index (κ3) is 8.10. The van der Waals surface area contributed by atoms with E-state index >= 15 is 0 Å². The molecule has 2 unspecified atom stereocenters. The van der Waals surface area contributed by atoms with Crippen molar-refractivity contribution < 1.29 is 42.7 Å². The van der Waals surface area contributed by atoms with E-state index in [2.05, 4.69) is 43.6 Å². The van der Waals surface area contributed by atoms with E-state index in [1.54, 1.807) is 0 Å². The molecule has 2 N–H and O–H groups in total. The van der Waals surface area contributed by atoms with Crippen LogP contribution in [0.25, 0.3) is 0 Å². The van der Waals surface area contributed by atoms with Crippen LogP contribution in [0.15, 0.2) is 0 Å². The Labute approximate surface area is 126 Å². The summed E-state index contributed by atoms with van der Waals surface area (Å²) in [4.78, 5) is 22.0. The third-order valence-electron chi connectivity index (χ3n) is 1.47. The van der Waals surface area contributed by atoms with Crippen molar-refractivity contribution in [1.82, 2.24) is 0 Å². The third-order valence-corrected chi connectivity index (χ3v) is 3.41. The fraction of sp³-hybridized carbons (Fsp3) is 0.750. The molecule has 0 radical (unpaired) electrons. The van der Waals surface area contributed by atoms with Crippen LogP contribution in [0, 0.1) is 0 Å². The molecule has 0 saturated carbocycles. The number of esters is 1. The van der Waals surface area contributed by atoms with Gasteiger partial charge < -0.3 is 19.5 Å². The van der Waals surface area contributed by atoms with Crippen LogP contribution in [0.3, 0.4) is 0 Å². The van der Waals surface area contributed by atoms with E-state index in [1.807, 2.05) is 0 Å². The summed E-state index contributed by atoms with van der Waals surface area (Å²) in [5.41, 5.74) is 0. The van der Waals surface area contributed by atoms with Crippen LogP contribution in [-0.2, 0) is 32.5 Å². The molecule has 0 aromatic heterocycles. The molecule has 0 aliphatic heterocycles. The molecule has 0 heterocycles. The molecule has 0 amide bonds. The van der Waals surface area contributed by atoms with Gasteiger partial charge in [0.25, 0.3) is 0 Å². The molecule has 0 rings (SSSR count). The largest absolute Gasteiger partial charge is 0.535 e. The van der Waals surface area contributed by atoms with Gasteiger partial charge in [-0.1, -0.05) is 0 Å². The van der Waals surface area contributed by atoms with E-state index in [1.165, 1.54) is 0 Å².